The molecule has 0 aliphatic heterocycles. The van der Waals surface area contributed by atoms with E-state index in [1.165, 1.54) is 0 Å². The van der Waals surface area contributed by atoms with Gasteiger partial charge in [-0.3, -0.25) is 0 Å². The molecule has 16 heavy (non-hydrogen) atoms. The average Bonchev–Trinajstić information content (AvgIpc) is 2.44. The van der Waals surface area contributed by atoms with Gasteiger partial charge in [-0.1, -0.05) is 20.8 Å². The molecule has 0 spiro atoms. The normalized spacial score (nSPS) is 27.2. The highest BCUT2D eigenvalue weighted by Crippen LogP contribution is 2.23. The molecule has 0 heterocycles. The van der Waals surface area contributed by atoms with Gasteiger partial charge in [0.1, 0.15) is 0 Å². The van der Waals surface area contributed by atoms with Crippen molar-refractivity contribution in [1.29, 1.82) is 0 Å². The minimum atomic E-state index is -3.14. The minimum Gasteiger partial charge on any atom is -0.328 e. The fourth-order valence-corrected chi connectivity index (χ4v) is 3.90. The molecule has 2 unspecified atom stereocenters. The number of hydrogen-bond donors (Lipinski definition) is 2. The van der Waals surface area contributed by atoms with Crippen molar-refractivity contribution in [2.24, 2.45) is 17.1 Å². The maximum absolute atomic E-state index is 11.7. The van der Waals surface area contributed by atoms with Gasteiger partial charge in [-0.05, 0) is 30.6 Å². The summed E-state index contributed by atoms with van der Waals surface area (Å²) in [5.41, 5.74) is 5.59. The molecule has 1 aliphatic carbocycles. The Hall–Kier alpha value is -0.130. The molecule has 2 atom stereocenters. The fourth-order valence-electron chi connectivity index (χ4n) is 2.16. The SMILES string of the molecule is CC(C)(C)CS(=O)(=O)NCC1CCC(N)C1. The molecule has 0 radical (unpaired) electrons. The van der Waals surface area contributed by atoms with Gasteiger partial charge in [0.25, 0.3) is 0 Å². The Morgan fingerprint density at radius 2 is 1.94 bits per heavy atom. The number of nitrogens with one attached hydrogen (secondary N) is 1. The van der Waals surface area contributed by atoms with E-state index in [0.717, 1.165) is 19.3 Å². The Morgan fingerprint density at radius 1 is 1.31 bits per heavy atom. The zero-order valence-electron chi connectivity index (χ0n) is 10.5. The fraction of sp³-hybridized carbons (Fsp3) is 1.00. The molecule has 0 aromatic carbocycles. The lowest BCUT2D eigenvalue weighted by atomic mass is 10.0. The first-order valence-electron chi connectivity index (χ1n) is 5.91. The summed E-state index contributed by atoms with van der Waals surface area (Å²) in [6.07, 6.45) is 3.00. The van der Waals surface area contributed by atoms with Crippen LogP contribution >= 0.6 is 0 Å². The molecule has 0 saturated heterocycles. The minimum absolute atomic E-state index is 0.179. The van der Waals surface area contributed by atoms with Crippen LogP contribution in [-0.2, 0) is 10.0 Å². The Kier molecular flexibility index (Phi) is 4.37. The highest BCUT2D eigenvalue weighted by Gasteiger charge is 2.25. The summed E-state index contributed by atoms with van der Waals surface area (Å²) in [6.45, 7) is 6.33. The summed E-state index contributed by atoms with van der Waals surface area (Å²) in [4.78, 5) is 0. The Bertz CT molecular complexity index is 319. The van der Waals surface area contributed by atoms with E-state index in [9.17, 15) is 8.42 Å². The first kappa shape index (κ1) is 13.9. The van der Waals surface area contributed by atoms with Crippen LogP contribution in [0, 0.1) is 11.3 Å². The van der Waals surface area contributed by atoms with Gasteiger partial charge < -0.3 is 5.73 Å². The lowest BCUT2D eigenvalue weighted by Crippen LogP contribution is -2.35. The Balaban J connectivity index is 2.37. The second kappa shape index (κ2) is 5.02. The smallest absolute Gasteiger partial charge is 0.212 e. The second-order valence-corrected chi connectivity index (χ2v) is 7.91. The summed E-state index contributed by atoms with van der Waals surface area (Å²) in [5, 5.41) is 0. The third kappa shape index (κ3) is 5.27. The molecule has 1 saturated carbocycles. The molecule has 1 aliphatic rings. The highest BCUT2D eigenvalue weighted by molar-refractivity contribution is 7.89. The van der Waals surface area contributed by atoms with Gasteiger partial charge in [0, 0.05) is 12.6 Å². The molecule has 1 fully saturated rings. The van der Waals surface area contributed by atoms with Gasteiger partial charge in [-0.25, -0.2) is 13.1 Å². The molecule has 96 valence electrons. The standard InChI is InChI=1S/C11H24N2O2S/c1-11(2,3)8-16(14,15)13-7-9-4-5-10(12)6-9/h9-10,13H,4-8,12H2,1-3H3. The van der Waals surface area contributed by atoms with E-state index < -0.39 is 10.0 Å². The Morgan fingerprint density at radius 3 is 2.38 bits per heavy atom. The zero-order valence-corrected chi connectivity index (χ0v) is 11.3. The van der Waals surface area contributed by atoms with E-state index in [0.29, 0.717) is 12.5 Å². The first-order valence-corrected chi connectivity index (χ1v) is 7.56. The average molecular weight is 248 g/mol. The topological polar surface area (TPSA) is 72.2 Å². The third-order valence-corrected chi connectivity index (χ3v) is 4.65. The number of hydrogen-bond acceptors (Lipinski definition) is 3. The third-order valence-electron chi connectivity index (χ3n) is 2.80. The molecule has 0 aromatic rings. The molecule has 0 bridgehead atoms. The molecule has 0 aromatic heterocycles. The molecule has 4 nitrogen and oxygen atoms in total. The summed E-state index contributed by atoms with van der Waals surface area (Å²) >= 11 is 0. The largest absolute Gasteiger partial charge is 0.328 e. The van der Waals surface area contributed by atoms with Gasteiger partial charge in [-0.15, -0.1) is 0 Å². The summed E-state index contributed by atoms with van der Waals surface area (Å²) < 4.78 is 26.2. The second-order valence-electron chi connectivity index (χ2n) is 6.11. The van der Waals surface area contributed by atoms with Crippen molar-refractivity contribution in [2.45, 2.75) is 46.1 Å². The van der Waals surface area contributed by atoms with Crippen LogP contribution in [0.1, 0.15) is 40.0 Å². The van der Waals surface area contributed by atoms with E-state index in [-0.39, 0.29) is 17.2 Å². The monoisotopic (exact) mass is 248 g/mol. The van der Waals surface area contributed by atoms with Crippen molar-refractivity contribution in [2.75, 3.05) is 12.3 Å². The lowest BCUT2D eigenvalue weighted by Gasteiger charge is -2.19. The molecular weight excluding hydrogens is 224 g/mol. The molecule has 0 amide bonds. The van der Waals surface area contributed by atoms with Crippen molar-refractivity contribution in [1.82, 2.24) is 4.72 Å². The van der Waals surface area contributed by atoms with Crippen LogP contribution in [0.15, 0.2) is 0 Å². The molecule has 1 rings (SSSR count). The van der Waals surface area contributed by atoms with Crippen LogP contribution in [0.4, 0.5) is 0 Å². The number of sulfonamides is 1. The number of nitrogens with two attached hydrogens (primary N) is 1. The van der Waals surface area contributed by atoms with E-state index >= 15 is 0 Å². The van der Waals surface area contributed by atoms with Crippen LogP contribution in [0.25, 0.3) is 0 Å². The van der Waals surface area contributed by atoms with Crippen molar-refractivity contribution in [3.8, 4) is 0 Å². The molecule has 3 N–H and O–H groups in total. The van der Waals surface area contributed by atoms with Crippen LogP contribution in [0.2, 0.25) is 0 Å². The van der Waals surface area contributed by atoms with Crippen molar-refractivity contribution >= 4 is 10.0 Å². The van der Waals surface area contributed by atoms with E-state index in [1.807, 2.05) is 20.8 Å². The van der Waals surface area contributed by atoms with Gasteiger partial charge in [0.15, 0.2) is 0 Å². The molecule has 5 heteroatoms. The zero-order chi connectivity index (χ0) is 12.4. The van der Waals surface area contributed by atoms with E-state index in [1.54, 1.807) is 0 Å². The van der Waals surface area contributed by atoms with Gasteiger partial charge in [0.05, 0.1) is 5.75 Å². The van der Waals surface area contributed by atoms with Gasteiger partial charge in [-0.2, -0.15) is 0 Å². The van der Waals surface area contributed by atoms with Crippen LogP contribution in [-0.4, -0.2) is 26.8 Å². The van der Waals surface area contributed by atoms with E-state index in [4.69, 9.17) is 5.73 Å². The van der Waals surface area contributed by atoms with Gasteiger partial charge in [0.2, 0.25) is 10.0 Å². The summed E-state index contributed by atoms with van der Waals surface area (Å²) in [6, 6.07) is 0.261. The quantitative estimate of drug-likeness (QED) is 0.782. The maximum atomic E-state index is 11.7. The van der Waals surface area contributed by atoms with Crippen LogP contribution in [0.5, 0.6) is 0 Å². The highest BCUT2D eigenvalue weighted by atomic mass is 32.2. The van der Waals surface area contributed by atoms with Crippen molar-refractivity contribution < 1.29 is 8.42 Å². The van der Waals surface area contributed by atoms with E-state index in [2.05, 4.69) is 4.72 Å². The predicted molar refractivity (Wildman–Crippen MR) is 66.6 cm³/mol. The predicted octanol–water partition coefficient (Wildman–Crippen LogP) is 1.08. The van der Waals surface area contributed by atoms with Crippen LogP contribution < -0.4 is 10.5 Å². The van der Waals surface area contributed by atoms with Crippen molar-refractivity contribution in [3.05, 3.63) is 0 Å². The molecular formula is C11H24N2O2S. The lowest BCUT2D eigenvalue weighted by molar-refractivity contribution is 0.452. The van der Waals surface area contributed by atoms with Crippen LogP contribution in [0.3, 0.4) is 0 Å². The maximum Gasteiger partial charge on any atom is 0.212 e. The Labute approximate surface area is 99.0 Å². The number of rotatable bonds is 4. The van der Waals surface area contributed by atoms with Crippen molar-refractivity contribution in [3.63, 3.8) is 0 Å². The summed E-state index contributed by atoms with van der Waals surface area (Å²) in [7, 11) is -3.14. The summed E-state index contributed by atoms with van der Waals surface area (Å²) in [5.74, 6) is 0.600. The van der Waals surface area contributed by atoms with Gasteiger partial charge >= 0.3 is 0 Å². The first-order chi connectivity index (χ1) is 7.18.